The van der Waals surface area contributed by atoms with E-state index in [2.05, 4.69) is 74.4 Å². The number of amides is 20. The van der Waals surface area contributed by atoms with Gasteiger partial charge >= 0.3 is 23.9 Å². The van der Waals surface area contributed by atoms with Crippen molar-refractivity contribution in [2.24, 2.45) is 47.0 Å². The van der Waals surface area contributed by atoms with Crippen molar-refractivity contribution in [3.05, 3.63) is 35.9 Å². The van der Waals surface area contributed by atoms with Crippen molar-refractivity contribution in [1.82, 2.24) is 101 Å². The maximum atomic E-state index is 14.5. The summed E-state index contributed by atoms with van der Waals surface area (Å²) in [4.78, 5) is 327. The van der Waals surface area contributed by atoms with Gasteiger partial charge in [-0.1, -0.05) is 120 Å². The van der Waals surface area contributed by atoms with Crippen LogP contribution in [0.15, 0.2) is 30.3 Å². The number of aliphatic hydroxyl groups is 6. The number of nitrogens with two attached hydrogens (primary N) is 2. The number of nitrogens with one attached hydrogen (secondary N) is 18. The number of carboxylic acids is 4. The molecule has 0 aromatic heterocycles. The zero-order valence-corrected chi connectivity index (χ0v) is 85.9. The first-order chi connectivity index (χ1) is 69.0. The van der Waals surface area contributed by atoms with E-state index >= 15 is 0 Å². The molecule has 1 aromatic rings. The van der Waals surface area contributed by atoms with Gasteiger partial charge in [0.05, 0.1) is 63.6 Å². The Morgan fingerprint density at radius 3 is 1.10 bits per heavy atom. The van der Waals surface area contributed by atoms with Crippen LogP contribution in [-0.2, 0) is 121 Å². The van der Waals surface area contributed by atoms with Crippen LogP contribution in [0.3, 0.4) is 0 Å². The van der Waals surface area contributed by atoms with Crippen molar-refractivity contribution in [2.45, 2.75) is 334 Å². The molecule has 20 amide bonds. The molecule has 0 aliphatic carbocycles. The van der Waals surface area contributed by atoms with Gasteiger partial charge in [-0.15, -0.1) is 0 Å². The Morgan fingerprint density at radius 1 is 0.365 bits per heavy atom. The van der Waals surface area contributed by atoms with E-state index in [1.54, 1.807) is 78.8 Å². The maximum absolute atomic E-state index is 14.5. The van der Waals surface area contributed by atoms with Crippen LogP contribution < -0.4 is 107 Å². The predicted molar refractivity (Wildman–Crippen MR) is 520 cm³/mol. The molecule has 23 atom stereocenters. The topological polar surface area (TPSA) is 884 Å². The summed E-state index contributed by atoms with van der Waals surface area (Å²) in [5.41, 5.74) is 12.1. The van der Waals surface area contributed by atoms with E-state index in [0.717, 1.165) is 32.6 Å². The third-order valence-electron chi connectivity index (χ3n) is 23.3. The lowest BCUT2D eigenvalue weighted by Gasteiger charge is -2.30. The molecule has 55 heteroatoms. The number of aliphatic carboxylic acids is 4. The third kappa shape index (κ3) is 45.7. The van der Waals surface area contributed by atoms with Crippen molar-refractivity contribution in [3.8, 4) is 0 Å². The van der Waals surface area contributed by atoms with Gasteiger partial charge in [0.1, 0.15) is 109 Å². The number of carbonyl (C=O) groups is 24. The lowest BCUT2D eigenvalue weighted by Crippen LogP contribution is -2.64. The Balaban J connectivity index is 2.43. The average Bonchev–Trinajstić information content (AvgIpc) is 1.70. The number of carbonyl (C=O) groups excluding carboxylic acids is 20. The molecule has 55 nitrogen and oxygen atoms in total. The second-order valence-corrected chi connectivity index (χ2v) is 38.5. The summed E-state index contributed by atoms with van der Waals surface area (Å²) in [6, 6.07) is -25.0. The van der Waals surface area contributed by atoms with E-state index in [1.807, 2.05) is 42.0 Å². The summed E-state index contributed by atoms with van der Waals surface area (Å²) in [5, 5.41) is 143. The van der Waals surface area contributed by atoms with Gasteiger partial charge in [0, 0.05) is 25.8 Å². The van der Waals surface area contributed by atoms with Gasteiger partial charge in [-0.3, -0.25) is 110 Å². The zero-order valence-electron chi connectivity index (χ0n) is 85.9. The van der Waals surface area contributed by atoms with Crippen LogP contribution in [-0.4, -0.2) is 364 Å². The maximum Gasteiger partial charge on any atom is 0.328 e. The SMILES string of the molecule is CC[C@H](C)[C@H](N)C(=O)N[C@@H](CC(C)C)C(=O)N[C@@H](CC(C)C)C(=O)N[C@@H](CO)C(=O)NCC(=O)N[C@@H](Cc1ccccc1)C(=O)N[C@@H](CC(C)C)C(=O)N[C@H](C(=O)N[C@H](C(=O)N[C@H](C(=O)N[C@@H](CC(=O)O)C(=O)N[C@@H](CC(N)=O)C(=O)N[C@@H](CCC(=O)O)C(=O)N[C@H](C(=O)N[C@@H](CCC(=O)O)C(=O)N[C@@H](C)C(=O)N1CCC[C@H]1C(=O)N[C@@H](CC(C)C)C(=O)N[C@@H](CO)C(=O)N[C@@H](CO)C(=O)O)[C@@H](C)O)[C@@H](C)O)C(C)C)[C@@H](C)O. The van der Waals surface area contributed by atoms with E-state index < -0.39 is 352 Å². The standard InChI is InChI=1S/C93H151N21O34/c1-17-46(12)70(95)87(141)105-56(32-43(6)7)78(132)101-54(30-41(2)3)79(133)107-61(38-115)75(129)96-37-66(122)98-58(34-51-22-19-18-20-23-51)81(135)102-57(33-44(8)9)84(138)112-74(50(16)120)91(145)110-71(45(10)11)88(142)113-73(49(15)119)90(144)106-60(36-69(127)128)83(137)103-59(35-65(94)121)82(136)99-53(26-28-68(125)126)77(131)111-72(48(14)118)89(143)100-52(25-27-67(123)124)76(130)97-47(13)92(146)114-29-21-24-64(114)86(140)104-55(31-42(4)5)80(134)108-62(39-116)85(139)109-63(40-117)93(147)148/h18-20,22-23,41-50,52-64,70-74,115-120H,17,21,24-40,95H2,1-16H3,(H2,94,121)(H,96,129)(H,97,130)(H,98,122)(H,99,136)(H,100,143)(H,101,132)(H,102,135)(H,103,137)(H,104,140)(H,105,141)(H,106,144)(H,107,133)(H,108,134)(H,109,139)(H,110,145)(H,111,131)(H,112,138)(H,113,142)(H,123,124)(H,125,126)(H,127,128)(H,147,148)/t46-,47-,48+,49+,50+,52-,53-,54-,55-,56-,57-,58-,59-,60-,61-,62-,63-,64-,70-,71-,72-,73-,74-/m0/s1. The van der Waals surface area contributed by atoms with Crippen molar-refractivity contribution in [3.63, 3.8) is 0 Å². The van der Waals surface area contributed by atoms with E-state index in [9.17, 15) is 166 Å². The number of nitrogens with zero attached hydrogens (tertiary/aromatic N) is 1. The van der Waals surface area contributed by atoms with Gasteiger partial charge in [0.15, 0.2) is 0 Å². The highest BCUT2D eigenvalue weighted by molar-refractivity contribution is 6.03. The molecule has 832 valence electrons. The molecule has 1 aliphatic rings. The smallest absolute Gasteiger partial charge is 0.328 e. The van der Waals surface area contributed by atoms with Crippen molar-refractivity contribution >= 4 is 142 Å². The fourth-order valence-electron chi connectivity index (χ4n) is 15.0. The third-order valence-corrected chi connectivity index (χ3v) is 23.3. The largest absolute Gasteiger partial charge is 0.481 e. The first-order valence-electron chi connectivity index (χ1n) is 48.6. The summed E-state index contributed by atoms with van der Waals surface area (Å²) >= 11 is 0. The first-order valence-corrected chi connectivity index (χ1v) is 48.6. The summed E-state index contributed by atoms with van der Waals surface area (Å²) < 4.78 is 0. The summed E-state index contributed by atoms with van der Waals surface area (Å²) in [5.74, 6) is -32.5. The molecule has 0 radical (unpaired) electrons. The van der Waals surface area contributed by atoms with Crippen molar-refractivity contribution in [1.29, 1.82) is 0 Å². The molecule has 1 heterocycles. The molecule has 1 aliphatic heterocycles. The minimum Gasteiger partial charge on any atom is -0.481 e. The minimum atomic E-state index is -2.36. The van der Waals surface area contributed by atoms with Crippen LogP contribution in [0.5, 0.6) is 0 Å². The number of primary amides is 1. The summed E-state index contributed by atoms with van der Waals surface area (Å²) in [7, 11) is 0. The van der Waals surface area contributed by atoms with Gasteiger partial charge in [-0.25, -0.2) is 4.79 Å². The van der Waals surface area contributed by atoms with Crippen LogP contribution >= 0.6 is 0 Å². The second kappa shape index (κ2) is 64.4. The first kappa shape index (κ1) is 130. The van der Waals surface area contributed by atoms with E-state index in [1.165, 1.54) is 13.8 Å². The lowest BCUT2D eigenvalue weighted by atomic mass is 9.97. The number of benzene rings is 1. The van der Waals surface area contributed by atoms with Gasteiger partial charge in [0.25, 0.3) is 0 Å². The highest BCUT2D eigenvalue weighted by Crippen LogP contribution is 2.22. The monoisotopic (exact) mass is 2110 g/mol. The van der Waals surface area contributed by atoms with E-state index in [-0.39, 0.29) is 75.2 Å². The molecular formula is C93H151N21O34. The van der Waals surface area contributed by atoms with Crippen LogP contribution in [0, 0.1) is 35.5 Å². The fourth-order valence-corrected chi connectivity index (χ4v) is 15.0. The number of likely N-dealkylation sites (tertiary alicyclic amines) is 1. The average molecular weight is 2110 g/mol. The quantitative estimate of drug-likeness (QED) is 0.0288. The fraction of sp³-hybridized carbons (Fsp3) is 0.677. The Bertz CT molecular complexity index is 4730. The van der Waals surface area contributed by atoms with Crippen LogP contribution in [0.2, 0.25) is 0 Å². The lowest BCUT2D eigenvalue weighted by molar-refractivity contribution is -0.144. The number of aliphatic hydroxyl groups excluding tert-OH is 6. The summed E-state index contributed by atoms with van der Waals surface area (Å²) in [6.07, 6.45) is -11.6. The Hall–Kier alpha value is -13.8. The highest BCUT2D eigenvalue weighted by atomic mass is 16.4. The highest BCUT2D eigenvalue weighted by Gasteiger charge is 2.45. The van der Waals surface area contributed by atoms with Gasteiger partial charge in [0.2, 0.25) is 118 Å². The number of hydrogen-bond donors (Lipinski definition) is 30. The molecule has 0 unspecified atom stereocenters. The van der Waals surface area contributed by atoms with Gasteiger partial charge in [-0.2, -0.15) is 0 Å². The van der Waals surface area contributed by atoms with E-state index in [0.29, 0.717) is 12.0 Å². The molecule has 148 heavy (non-hydrogen) atoms. The summed E-state index contributed by atoms with van der Waals surface area (Å²) in [6.45, 7) is 20.0. The van der Waals surface area contributed by atoms with Crippen LogP contribution in [0.1, 0.15) is 200 Å². The Labute approximate surface area is 854 Å². The predicted octanol–water partition coefficient (Wildman–Crippen LogP) is -9.90. The van der Waals surface area contributed by atoms with Crippen molar-refractivity contribution in [2.75, 3.05) is 32.9 Å². The molecule has 1 fully saturated rings. The van der Waals surface area contributed by atoms with Crippen LogP contribution in [0.4, 0.5) is 0 Å². The molecule has 0 spiro atoms. The number of rotatable bonds is 67. The second-order valence-electron chi connectivity index (χ2n) is 38.5. The van der Waals surface area contributed by atoms with Crippen LogP contribution in [0.25, 0.3) is 0 Å². The minimum absolute atomic E-state index is 0.0135. The van der Waals surface area contributed by atoms with Crippen molar-refractivity contribution < 1.29 is 166 Å². The Morgan fingerprint density at radius 2 is 0.696 bits per heavy atom. The van der Waals surface area contributed by atoms with E-state index in [4.69, 9.17) is 11.5 Å². The molecular weight excluding hydrogens is 1960 g/mol. The molecule has 2 rings (SSSR count). The number of hydrogen-bond acceptors (Lipinski definition) is 31. The Kier molecular flexibility index (Phi) is 56.7. The zero-order chi connectivity index (χ0) is 113. The molecule has 0 saturated carbocycles. The van der Waals surface area contributed by atoms with Gasteiger partial charge in [-0.05, 0) is 120 Å². The molecule has 0 bridgehead atoms. The molecule has 32 N–H and O–H groups in total. The molecule has 1 aromatic carbocycles. The van der Waals surface area contributed by atoms with Gasteiger partial charge < -0.3 is 163 Å². The number of carboxylic acid groups (broad SMARTS) is 4. The molecule has 1 saturated heterocycles. The normalized spacial score (nSPS) is 16.8.